The first-order valence-corrected chi connectivity index (χ1v) is 12.1. The van der Waals surface area contributed by atoms with Crippen LogP contribution in [0.5, 0.6) is 17.2 Å². The van der Waals surface area contributed by atoms with Gasteiger partial charge in [0.05, 0.1) is 31.2 Å². The molecule has 0 aliphatic carbocycles. The molecular formula is C29H32N2O5. The number of nitrogens with one attached hydrogen (secondary N) is 2. The van der Waals surface area contributed by atoms with Crippen molar-refractivity contribution in [1.29, 1.82) is 0 Å². The normalized spacial score (nSPS) is 10.6. The second kappa shape index (κ2) is 13.6. The molecule has 188 valence electrons. The second-order valence-corrected chi connectivity index (χ2v) is 7.74. The van der Waals surface area contributed by atoms with Crippen LogP contribution in [0.3, 0.4) is 0 Å². The van der Waals surface area contributed by atoms with Crippen LogP contribution in [0, 0.1) is 0 Å². The number of rotatable bonds is 12. The van der Waals surface area contributed by atoms with Gasteiger partial charge in [-0.25, -0.2) is 0 Å². The first kappa shape index (κ1) is 26.3. The summed E-state index contributed by atoms with van der Waals surface area (Å²) in [7, 11) is 0. The van der Waals surface area contributed by atoms with E-state index in [0.717, 1.165) is 17.7 Å². The van der Waals surface area contributed by atoms with Crippen molar-refractivity contribution >= 4 is 29.3 Å². The predicted molar refractivity (Wildman–Crippen MR) is 143 cm³/mol. The van der Waals surface area contributed by atoms with Crippen molar-refractivity contribution in [2.75, 3.05) is 30.5 Å². The summed E-state index contributed by atoms with van der Waals surface area (Å²) in [6.45, 7) is 7.08. The number of carbonyl (C=O) groups is 2. The van der Waals surface area contributed by atoms with Gasteiger partial charge < -0.3 is 24.8 Å². The van der Waals surface area contributed by atoms with Crippen LogP contribution >= 0.6 is 0 Å². The highest BCUT2D eigenvalue weighted by Crippen LogP contribution is 2.37. The maximum atomic E-state index is 12.8. The fourth-order valence-electron chi connectivity index (χ4n) is 3.39. The minimum Gasteiger partial charge on any atom is -0.493 e. The Hall–Kier alpha value is -4.26. The van der Waals surface area contributed by atoms with E-state index in [1.54, 1.807) is 42.5 Å². The van der Waals surface area contributed by atoms with Crippen LogP contribution in [0.25, 0.3) is 6.08 Å². The van der Waals surface area contributed by atoms with E-state index >= 15 is 0 Å². The lowest BCUT2D eigenvalue weighted by molar-refractivity contribution is -0.111. The van der Waals surface area contributed by atoms with Gasteiger partial charge in [-0.2, -0.15) is 0 Å². The van der Waals surface area contributed by atoms with E-state index in [4.69, 9.17) is 14.2 Å². The van der Waals surface area contributed by atoms with Gasteiger partial charge in [0.25, 0.3) is 5.91 Å². The Balaban J connectivity index is 1.83. The second-order valence-electron chi connectivity index (χ2n) is 7.74. The van der Waals surface area contributed by atoms with Gasteiger partial charge in [-0.3, -0.25) is 9.59 Å². The lowest BCUT2D eigenvalue weighted by Gasteiger charge is -2.17. The van der Waals surface area contributed by atoms with Crippen molar-refractivity contribution in [2.45, 2.75) is 27.2 Å². The molecule has 0 heterocycles. The van der Waals surface area contributed by atoms with Crippen molar-refractivity contribution in [3.05, 3.63) is 83.9 Å². The first-order valence-electron chi connectivity index (χ1n) is 12.1. The first-order chi connectivity index (χ1) is 17.5. The van der Waals surface area contributed by atoms with Crippen molar-refractivity contribution in [3.8, 4) is 17.2 Å². The van der Waals surface area contributed by atoms with Crippen LogP contribution < -0.4 is 24.8 Å². The van der Waals surface area contributed by atoms with Crippen LogP contribution in [0.4, 0.5) is 11.4 Å². The third kappa shape index (κ3) is 7.37. The molecule has 2 amide bonds. The quantitative estimate of drug-likeness (QED) is 0.298. The Bertz CT molecular complexity index is 1190. The van der Waals surface area contributed by atoms with E-state index in [-0.39, 0.29) is 11.8 Å². The van der Waals surface area contributed by atoms with Gasteiger partial charge in [-0.15, -0.1) is 0 Å². The number of hydrogen-bond acceptors (Lipinski definition) is 5. The van der Waals surface area contributed by atoms with Crippen molar-refractivity contribution in [3.63, 3.8) is 0 Å². The van der Waals surface area contributed by atoms with Crippen molar-refractivity contribution in [2.24, 2.45) is 0 Å². The van der Waals surface area contributed by atoms with Crippen molar-refractivity contribution in [1.82, 2.24) is 0 Å². The van der Waals surface area contributed by atoms with Crippen LogP contribution in [0.1, 0.15) is 43.1 Å². The third-order valence-corrected chi connectivity index (χ3v) is 5.02. The Morgan fingerprint density at radius 2 is 1.36 bits per heavy atom. The molecule has 0 aliphatic heterocycles. The number of amides is 2. The molecule has 7 nitrogen and oxygen atoms in total. The molecule has 0 aromatic heterocycles. The summed E-state index contributed by atoms with van der Waals surface area (Å²) >= 11 is 0. The number of para-hydroxylation sites is 1. The van der Waals surface area contributed by atoms with Gasteiger partial charge in [0.2, 0.25) is 5.91 Å². The fourth-order valence-corrected chi connectivity index (χ4v) is 3.39. The summed E-state index contributed by atoms with van der Waals surface area (Å²) in [5.74, 6) is 0.934. The molecule has 0 unspecified atom stereocenters. The van der Waals surface area contributed by atoms with Crippen LogP contribution in [-0.2, 0) is 4.79 Å². The van der Waals surface area contributed by atoms with Gasteiger partial charge in [0.15, 0.2) is 0 Å². The van der Waals surface area contributed by atoms with Crippen LogP contribution in [-0.4, -0.2) is 31.6 Å². The Kier molecular flexibility index (Phi) is 9.94. The lowest BCUT2D eigenvalue weighted by atomic mass is 10.1. The molecule has 2 N–H and O–H groups in total. The molecule has 0 bridgehead atoms. The number of carbonyl (C=O) groups excluding carboxylic acids is 2. The van der Waals surface area contributed by atoms with Gasteiger partial charge in [0.1, 0.15) is 17.2 Å². The van der Waals surface area contributed by atoms with E-state index in [1.165, 1.54) is 6.08 Å². The Morgan fingerprint density at radius 3 is 2.00 bits per heavy atom. The van der Waals surface area contributed by atoms with E-state index in [0.29, 0.717) is 48.3 Å². The number of ether oxygens (including phenoxy) is 3. The summed E-state index contributed by atoms with van der Waals surface area (Å²) in [5.41, 5.74) is 2.21. The molecule has 3 aromatic carbocycles. The third-order valence-electron chi connectivity index (χ3n) is 5.02. The number of hydrogen-bond donors (Lipinski definition) is 2. The van der Waals surface area contributed by atoms with E-state index in [9.17, 15) is 9.59 Å². The van der Waals surface area contributed by atoms with E-state index in [2.05, 4.69) is 10.6 Å². The SMILES string of the molecule is CCCOc1ccccc1/C=C/C(=O)Nc1cc(OCC)c(NC(=O)c2ccccc2)cc1OCC. The molecule has 3 rings (SSSR count). The largest absolute Gasteiger partial charge is 0.493 e. The molecule has 0 atom stereocenters. The van der Waals surface area contributed by atoms with Gasteiger partial charge in [-0.05, 0) is 44.5 Å². The standard InChI is InChI=1S/C29H32N2O5/c1-4-18-36-25-15-11-10-12-21(25)16-17-28(32)30-23-19-27(35-6-3)24(20-26(23)34-5-2)31-29(33)22-13-8-7-9-14-22/h7-17,19-20H,4-6,18H2,1-3H3,(H,30,32)(H,31,33)/b17-16+. The molecule has 0 spiro atoms. The van der Waals surface area contributed by atoms with E-state index < -0.39 is 0 Å². The van der Waals surface area contributed by atoms with E-state index in [1.807, 2.05) is 51.1 Å². The molecule has 7 heteroatoms. The molecule has 36 heavy (non-hydrogen) atoms. The molecule has 3 aromatic rings. The van der Waals surface area contributed by atoms with Crippen molar-refractivity contribution < 1.29 is 23.8 Å². The monoisotopic (exact) mass is 488 g/mol. The average molecular weight is 489 g/mol. The minimum atomic E-state index is -0.343. The maximum absolute atomic E-state index is 12.8. The molecule has 0 fully saturated rings. The summed E-state index contributed by atoms with van der Waals surface area (Å²) in [6, 6.07) is 19.7. The zero-order chi connectivity index (χ0) is 25.8. The molecule has 0 radical (unpaired) electrons. The molecule has 0 saturated heterocycles. The fraction of sp³-hybridized carbons (Fsp3) is 0.241. The highest BCUT2D eigenvalue weighted by atomic mass is 16.5. The summed E-state index contributed by atoms with van der Waals surface area (Å²) in [6.07, 6.45) is 4.04. The zero-order valence-corrected chi connectivity index (χ0v) is 20.9. The van der Waals surface area contributed by atoms with Gasteiger partial charge in [0, 0.05) is 29.3 Å². The Labute approximate surface area is 212 Å². The molecular weight excluding hydrogens is 456 g/mol. The minimum absolute atomic E-state index is 0.275. The lowest BCUT2D eigenvalue weighted by Crippen LogP contribution is -2.14. The molecule has 0 saturated carbocycles. The maximum Gasteiger partial charge on any atom is 0.255 e. The topological polar surface area (TPSA) is 85.9 Å². The van der Waals surface area contributed by atoms with Crippen LogP contribution in [0.15, 0.2) is 72.8 Å². The zero-order valence-electron chi connectivity index (χ0n) is 20.9. The summed E-state index contributed by atoms with van der Waals surface area (Å²) in [4.78, 5) is 25.5. The number of benzene rings is 3. The van der Waals surface area contributed by atoms with Gasteiger partial charge in [-0.1, -0.05) is 43.3 Å². The smallest absolute Gasteiger partial charge is 0.255 e. The van der Waals surface area contributed by atoms with Crippen LogP contribution in [0.2, 0.25) is 0 Å². The number of anilines is 2. The highest BCUT2D eigenvalue weighted by molar-refractivity contribution is 6.06. The Morgan fingerprint density at radius 1 is 0.750 bits per heavy atom. The highest BCUT2D eigenvalue weighted by Gasteiger charge is 2.16. The summed E-state index contributed by atoms with van der Waals surface area (Å²) in [5, 5.41) is 5.73. The van der Waals surface area contributed by atoms with Gasteiger partial charge >= 0.3 is 0 Å². The molecule has 0 aliphatic rings. The predicted octanol–water partition coefficient (Wildman–Crippen LogP) is 6.18. The average Bonchev–Trinajstić information content (AvgIpc) is 2.89. The summed E-state index contributed by atoms with van der Waals surface area (Å²) < 4.78 is 17.3.